The lowest BCUT2D eigenvalue weighted by Crippen LogP contribution is -2.11. The SMILES string of the molecule is CCOc1cc(-c2nc3sc4c(c3c(=O)[nH]2)CCCC4)ccc1Oc1ccc([N+](=O)[O-])cc1[N+](=O)[O-]. The highest BCUT2D eigenvalue weighted by molar-refractivity contribution is 7.18. The number of thiophene rings is 1. The smallest absolute Gasteiger partial charge is 0.318 e. The van der Waals surface area contributed by atoms with Gasteiger partial charge in [-0.1, -0.05) is 0 Å². The van der Waals surface area contributed by atoms with Crippen LogP contribution in [0.25, 0.3) is 21.6 Å². The zero-order chi connectivity index (χ0) is 25.4. The molecule has 0 spiro atoms. The van der Waals surface area contributed by atoms with Crippen LogP contribution in [0.4, 0.5) is 11.4 Å². The van der Waals surface area contributed by atoms with Crippen LogP contribution in [0.2, 0.25) is 0 Å². The molecule has 0 unspecified atom stereocenters. The summed E-state index contributed by atoms with van der Waals surface area (Å²) in [6.45, 7) is 2.05. The van der Waals surface area contributed by atoms with Crippen molar-refractivity contribution < 1.29 is 19.3 Å². The molecule has 0 radical (unpaired) electrons. The molecule has 0 amide bonds. The van der Waals surface area contributed by atoms with Crippen molar-refractivity contribution in [1.29, 1.82) is 0 Å². The van der Waals surface area contributed by atoms with E-state index in [1.165, 1.54) is 10.9 Å². The van der Waals surface area contributed by atoms with Crippen LogP contribution in [0.15, 0.2) is 41.2 Å². The number of aromatic nitrogens is 2. The predicted octanol–water partition coefficient (Wildman–Crippen LogP) is 5.54. The Balaban J connectivity index is 1.54. The lowest BCUT2D eigenvalue weighted by molar-refractivity contribution is -0.394. The number of aromatic amines is 1. The van der Waals surface area contributed by atoms with Gasteiger partial charge in [-0.3, -0.25) is 25.0 Å². The second-order valence-corrected chi connectivity index (χ2v) is 9.25. The molecule has 0 bridgehead atoms. The molecule has 0 saturated carbocycles. The Morgan fingerprint density at radius 2 is 1.81 bits per heavy atom. The van der Waals surface area contributed by atoms with Crippen LogP contribution in [0, 0.1) is 20.2 Å². The van der Waals surface area contributed by atoms with Crippen molar-refractivity contribution in [3.63, 3.8) is 0 Å². The molecule has 0 saturated heterocycles. The van der Waals surface area contributed by atoms with Crippen LogP contribution < -0.4 is 15.0 Å². The lowest BCUT2D eigenvalue weighted by atomic mass is 9.97. The molecule has 12 heteroatoms. The molecule has 2 aromatic heterocycles. The number of ether oxygens (including phenoxy) is 2. The molecule has 11 nitrogen and oxygen atoms in total. The zero-order valence-electron chi connectivity index (χ0n) is 19.1. The predicted molar refractivity (Wildman–Crippen MR) is 133 cm³/mol. The first kappa shape index (κ1) is 23.4. The van der Waals surface area contributed by atoms with Crippen LogP contribution in [-0.2, 0) is 12.8 Å². The molecule has 1 N–H and O–H groups in total. The summed E-state index contributed by atoms with van der Waals surface area (Å²) in [5.74, 6) is 0.653. The number of H-pyrrole nitrogens is 1. The van der Waals surface area contributed by atoms with Gasteiger partial charge in [-0.15, -0.1) is 11.3 Å². The molecule has 0 fully saturated rings. The number of fused-ring (bicyclic) bond motifs is 3. The third-order valence-corrected chi connectivity index (χ3v) is 7.10. The van der Waals surface area contributed by atoms with E-state index < -0.39 is 21.2 Å². The summed E-state index contributed by atoms with van der Waals surface area (Å²) in [6, 6.07) is 7.98. The molecule has 2 heterocycles. The van der Waals surface area contributed by atoms with Crippen molar-refractivity contribution in [3.05, 3.63) is 77.4 Å². The molecule has 5 rings (SSSR count). The summed E-state index contributed by atoms with van der Waals surface area (Å²) in [5, 5.41) is 23.2. The number of hydrogen-bond acceptors (Lipinski definition) is 9. The minimum absolute atomic E-state index is 0.170. The van der Waals surface area contributed by atoms with Crippen LogP contribution in [0.5, 0.6) is 17.2 Å². The highest BCUT2D eigenvalue weighted by atomic mass is 32.1. The second kappa shape index (κ2) is 9.38. The van der Waals surface area contributed by atoms with Gasteiger partial charge < -0.3 is 14.5 Å². The van der Waals surface area contributed by atoms with E-state index in [1.54, 1.807) is 36.5 Å². The fourth-order valence-corrected chi connectivity index (χ4v) is 5.54. The average Bonchev–Trinajstić information content (AvgIpc) is 3.24. The molecule has 0 aliphatic heterocycles. The number of nitrogens with zero attached hydrogens (tertiary/aromatic N) is 3. The van der Waals surface area contributed by atoms with E-state index in [4.69, 9.17) is 14.5 Å². The summed E-state index contributed by atoms with van der Waals surface area (Å²) in [5.41, 5.74) is 0.525. The van der Waals surface area contributed by atoms with Gasteiger partial charge in [0.2, 0.25) is 5.75 Å². The minimum Gasteiger partial charge on any atom is -0.490 e. The van der Waals surface area contributed by atoms with E-state index in [2.05, 4.69) is 4.98 Å². The van der Waals surface area contributed by atoms with E-state index in [1.807, 2.05) is 0 Å². The Morgan fingerprint density at radius 1 is 1.03 bits per heavy atom. The lowest BCUT2D eigenvalue weighted by Gasteiger charge is -2.13. The normalized spacial score (nSPS) is 12.8. The second-order valence-electron chi connectivity index (χ2n) is 8.17. The Hall–Kier alpha value is -4.32. The summed E-state index contributed by atoms with van der Waals surface area (Å²) < 4.78 is 11.4. The summed E-state index contributed by atoms with van der Waals surface area (Å²) >= 11 is 1.55. The zero-order valence-corrected chi connectivity index (χ0v) is 19.9. The quantitative estimate of drug-likeness (QED) is 0.252. The number of rotatable bonds is 7. The summed E-state index contributed by atoms with van der Waals surface area (Å²) in [4.78, 5) is 43.5. The number of aryl methyl sites for hydroxylation is 2. The van der Waals surface area contributed by atoms with Gasteiger partial charge in [0.05, 0.1) is 27.9 Å². The molecule has 2 aromatic carbocycles. The molecular weight excluding hydrogens is 488 g/mol. The fraction of sp³-hybridized carbons (Fsp3) is 0.250. The molecule has 184 valence electrons. The van der Waals surface area contributed by atoms with Crippen molar-refractivity contribution in [2.45, 2.75) is 32.6 Å². The van der Waals surface area contributed by atoms with Gasteiger partial charge in [0.1, 0.15) is 10.7 Å². The van der Waals surface area contributed by atoms with Crippen LogP contribution >= 0.6 is 11.3 Å². The highest BCUT2D eigenvalue weighted by Crippen LogP contribution is 2.40. The largest absolute Gasteiger partial charge is 0.490 e. The Kier molecular flexibility index (Phi) is 6.10. The number of nitrogens with one attached hydrogen (secondary N) is 1. The first-order valence-electron chi connectivity index (χ1n) is 11.3. The first-order valence-corrected chi connectivity index (χ1v) is 12.1. The highest BCUT2D eigenvalue weighted by Gasteiger charge is 2.23. The van der Waals surface area contributed by atoms with E-state index in [0.29, 0.717) is 21.6 Å². The van der Waals surface area contributed by atoms with Gasteiger partial charge in [0.25, 0.3) is 11.2 Å². The molecule has 1 aliphatic carbocycles. The molecule has 0 atom stereocenters. The number of nitro groups is 2. The third kappa shape index (κ3) is 4.26. The Bertz CT molecular complexity index is 1580. The molecule has 1 aliphatic rings. The van der Waals surface area contributed by atoms with Crippen LogP contribution in [0.1, 0.15) is 30.2 Å². The maximum Gasteiger partial charge on any atom is 0.318 e. The number of non-ortho nitro benzene ring substituents is 1. The van der Waals surface area contributed by atoms with Crippen molar-refractivity contribution in [2.24, 2.45) is 0 Å². The third-order valence-electron chi connectivity index (χ3n) is 5.91. The van der Waals surface area contributed by atoms with Crippen molar-refractivity contribution >= 4 is 32.9 Å². The fourth-order valence-electron chi connectivity index (χ4n) is 4.28. The number of nitro benzene ring substituents is 2. The Labute approximate surface area is 207 Å². The molecular formula is C24H20N4O7S. The van der Waals surface area contributed by atoms with E-state index in [9.17, 15) is 25.0 Å². The monoisotopic (exact) mass is 508 g/mol. The van der Waals surface area contributed by atoms with Crippen molar-refractivity contribution in [3.8, 4) is 28.6 Å². The van der Waals surface area contributed by atoms with Gasteiger partial charge in [-0.25, -0.2) is 4.98 Å². The van der Waals surface area contributed by atoms with Gasteiger partial charge in [0, 0.05) is 16.5 Å². The van der Waals surface area contributed by atoms with Gasteiger partial charge in [-0.05, 0) is 62.4 Å². The van der Waals surface area contributed by atoms with Crippen molar-refractivity contribution in [2.75, 3.05) is 6.61 Å². The van der Waals surface area contributed by atoms with Crippen LogP contribution in [0.3, 0.4) is 0 Å². The van der Waals surface area contributed by atoms with E-state index in [0.717, 1.165) is 43.4 Å². The maximum atomic E-state index is 12.9. The first-order chi connectivity index (χ1) is 17.4. The number of benzene rings is 2. The van der Waals surface area contributed by atoms with Gasteiger partial charge >= 0.3 is 5.69 Å². The minimum atomic E-state index is -0.748. The topological polar surface area (TPSA) is 150 Å². The molecule has 4 aromatic rings. The maximum absolute atomic E-state index is 12.9. The standard InChI is InChI=1S/C24H20N4O7S/c1-2-34-19-11-13(22-25-23(29)21-15-5-3-4-6-20(15)36-24(21)26-22)7-9-18(19)35-17-10-8-14(27(30)31)12-16(17)28(32)33/h7-12H,2-6H2,1H3,(H,25,26,29). The number of hydrogen-bond donors (Lipinski definition) is 1. The van der Waals surface area contributed by atoms with E-state index >= 15 is 0 Å². The van der Waals surface area contributed by atoms with Gasteiger partial charge in [0.15, 0.2) is 11.5 Å². The average molecular weight is 509 g/mol. The Morgan fingerprint density at radius 3 is 2.56 bits per heavy atom. The van der Waals surface area contributed by atoms with E-state index in [-0.39, 0.29) is 29.4 Å². The van der Waals surface area contributed by atoms with Crippen molar-refractivity contribution in [1.82, 2.24) is 9.97 Å². The molecule has 36 heavy (non-hydrogen) atoms. The summed E-state index contributed by atoms with van der Waals surface area (Å²) in [6.07, 6.45) is 4.01. The summed E-state index contributed by atoms with van der Waals surface area (Å²) in [7, 11) is 0. The van der Waals surface area contributed by atoms with Crippen LogP contribution in [-0.4, -0.2) is 26.4 Å². The van der Waals surface area contributed by atoms with Gasteiger partial charge in [-0.2, -0.15) is 0 Å².